The maximum absolute atomic E-state index is 11.2. The maximum atomic E-state index is 11.2. The van der Waals surface area contributed by atoms with E-state index in [1.54, 1.807) is 12.1 Å². The summed E-state index contributed by atoms with van der Waals surface area (Å²) in [6.45, 7) is 0. The molecule has 2 heterocycles. The van der Waals surface area contributed by atoms with Gasteiger partial charge in [0.25, 0.3) is 0 Å². The fourth-order valence-electron chi connectivity index (χ4n) is 1.14. The Bertz CT molecular complexity index is 527. The van der Waals surface area contributed by atoms with E-state index in [0.29, 0.717) is 10.0 Å². The highest BCUT2D eigenvalue weighted by atomic mass is 35.5. The number of nitrogens with zero attached hydrogens (tertiary/aromatic N) is 2. The number of hydrogen-bond donors (Lipinski definition) is 0. The van der Waals surface area contributed by atoms with Crippen molar-refractivity contribution >= 4 is 28.9 Å². The molecule has 2 aromatic rings. The van der Waals surface area contributed by atoms with Crippen molar-refractivity contribution in [3.8, 4) is 10.6 Å². The number of halogens is 1. The molecular weight excluding hydrogens is 248 g/mol. The van der Waals surface area contributed by atoms with Gasteiger partial charge in [-0.3, -0.25) is 0 Å². The van der Waals surface area contributed by atoms with Crippen molar-refractivity contribution in [3.63, 3.8) is 0 Å². The summed E-state index contributed by atoms with van der Waals surface area (Å²) in [5.41, 5.74) is 0.660. The normalized spacial score (nSPS) is 10.1. The van der Waals surface area contributed by atoms with Gasteiger partial charge in [0.15, 0.2) is 0 Å². The third-order valence-electron chi connectivity index (χ3n) is 1.85. The summed E-state index contributed by atoms with van der Waals surface area (Å²) in [6.07, 6.45) is 1.52. The highest BCUT2D eigenvalue weighted by Crippen LogP contribution is 2.29. The molecule has 0 saturated heterocycles. The molecule has 0 fully saturated rings. The molecule has 0 bridgehead atoms. The van der Waals surface area contributed by atoms with Gasteiger partial charge in [-0.15, -0.1) is 11.3 Å². The van der Waals surface area contributed by atoms with E-state index in [0.717, 1.165) is 4.88 Å². The number of aromatic nitrogens is 2. The van der Waals surface area contributed by atoms with E-state index in [1.165, 1.54) is 24.6 Å². The SMILES string of the molecule is COC(=O)c1nccc(-c2ccc(Cl)s2)n1. The first-order valence-electron chi connectivity index (χ1n) is 4.38. The number of carbonyl (C=O) groups excluding carboxylic acids is 1. The topological polar surface area (TPSA) is 52.1 Å². The summed E-state index contributed by atoms with van der Waals surface area (Å²) >= 11 is 7.22. The number of thiophene rings is 1. The summed E-state index contributed by atoms with van der Waals surface area (Å²) in [6, 6.07) is 5.34. The number of carbonyl (C=O) groups is 1. The second kappa shape index (κ2) is 4.59. The molecule has 0 atom stereocenters. The first kappa shape index (κ1) is 11.0. The molecule has 82 valence electrons. The Morgan fingerprint density at radius 2 is 2.25 bits per heavy atom. The van der Waals surface area contributed by atoms with Crippen molar-refractivity contribution in [1.29, 1.82) is 0 Å². The van der Waals surface area contributed by atoms with Crippen LogP contribution in [-0.4, -0.2) is 23.0 Å². The molecule has 0 saturated carbocycles. The van der Waals surface area contributed by atoms with E-state index in [1.807, 2.05) is 6.07 Å². The quantitative estimate of drug-likeness (QED) is 0.773. The lowest BCUT2D eigenvalue weighted by molar-refractivity contribution is 0.0587. The average molecular weight is 255 g/mol. The molecule has 0 spiro atoms. The van der Waals surface area contributed by atoms with Gasteiger partial charge in [-0.25, -0.2) is 14.8 Å². The van der Waals surface area contributed by atoms with Gasteiger partial charge in [-0.1, -0.05) is 11.6 Å². The highest BCUT2D eigenvalue weighted by Gasteiger charge is 2.11. The van der Waals surface area contributed by atoms with Crippen LogP contribution >= 0.6 is 22.9 Å². The second-order valence-electron chi connectivity index (χ2n) is 2.86. The molecule has 2 rings (SSSR count). The van der Waals surface area contributed by atoms with Crippen molar-refractivity contribution in [2.45, 2.75) is 0 Å². The molecule has 0 amide bonds. The number of methoxy groups -OCH3 is 1. The molecule has 0 aromatic carbocycles. The predicted molar refractivity (Wildman–Crippen MR) is 61.7 cm³/mol. The van der Waals surface area contributed by atoms with E-state index >= 15 is 0 Å². The largest absolute Gasteiger partial charge is 0.463 e. The summed E-state index contributed by atoms with van der Waals surface area (Å²) in [4.78, 5) is 20.0. The zero-order valence-corrected chi connectivity index (χ0v) is 9.88. The third kappa shape index (κ3) is 2.20. The average Bonchev–Trinajstić information content (AvgIpc) is 2.75. The minimum Gasteiger partial charge on any atom is -0.463 e. The summed E-state index contributed by atoms with van der Waals surface area (Å²) < 4.78 is 5.22. The van der Waals surface area contributed by atoms with Crippen molar-refractivity contribution in [2.75, 3.05) is 7.11 Å². The van der Waals surface area contributed by atoms with E-state index in [4.69, 9.17) is 11.6 Å². The van der Waals surface area contributed by atoms with E-state index in [-0.39, 0.29) is 5.82 Å². The predicted octanol–water partition coefficient (Wildman–Crippen LogP) is 2.65. The molecule has 0 N–H and O–H groups in total. The lowest BCUT2D eigenvalue weighted by Gasteiger charge is -1.99. The Labute approximate surface area is 101 Å². The van der Waals surface area contributed by atoms with Gasteiger partial charge in [-0.2, -0.15) is 0 Å². The first-order chi connectivity index (χ1) is 7.70. The lowest BCUT2D eigenvalue weighted by Crippen LogP contribution is -2.07. The van der Waals surface area contributed by atoms with Gasteiger partial charge in [0.05, 0.1) is 22.0 Å². The van der Waals surface area contributed by atoms with Crippen LogP contribution in [0.15, 0.2) is 24.4 Å². The van der Waals surface area contributed by atoms with Gasteiger partial charge in [0.1, 0.15) is 0 Å². The van der Waals surface area contributed by atoms with Crippen molar-refractivity contribution in [2.24, 2.45) is 0 Å². The fraction of sp³-hybridized carbons (Fsp3) is 0.100. The minimum atomic E-state index is -0.551. The van der Waals surface area contributed by atoms with Crippen LogP contribution in [0.25, 0.3) is 10.6 Å². The Morgan fingerprint density at radius 3 is 2.88 bits per heavy atom. The Balaban J connectivity index is 2.39. The van der Waals surface area contributed by atoms with Crippen LogP contribution in [-0.2, 0) is 4.74 Å². The number of ether oxygens (including phenoxy) is 1. The van der Waals surface area contributed by atoms with Crippen LogP contribution in [0.1, 0.15) is 10.6 Å². The standard InChI is InChI=1S/C10H7ClN2O2S/c1-15-10(14)9-12-5-4-6(13-9)7-2-3-8(11)16-7/h2-5H,1H3. The van der Waals surface area contributed by atoms with E-state index in [2.05, 4.69) is 14.7 Å². The summed E-state index contributed by atoms with van der Waals surface area (Å²) in [5.74, 6) is -0.506. The van der Waals surface area contributed by atoms with Gasteiger partial charge >= 0.3 is 5.97 Å². The molecule has 0 aliphatic carbocycles. The lowest BCUT2D eigenvalue weighted by atomic mass is 10.3. The molecule has 0 aliphatic rings. The first-order valence-corrected chi connectivity index (χ1v) is 5.57. The summed E-state index contributed by atoms with van der Waals surface area (Å²) in [5, 5.41) is 0. The maximum Gasteiger partial charge on any atom is 0.376 e. The van der Waals surface area contributed by atoms with Gasteiger partial charge in [0.2, 0.25) is 5.82 Å². The minimum absolute atomic E-state index is 0.0459. The molecular formula is C10H7ClN2O2S. The van der Waals surface area contributed by atoms with Crippen molar-refractivity contribution in [3.05, 3.63) is 34.6 Å². The molecule has 0 radical (unpaired) electrons. The Hall–Kier alpha value is -1.46. The molecule has 6 heteroatoms. The van der Waals surface area contributed by atoms with E-state index < -0.39 is 5.97 Å². The third-order valence-corrected chi connectivity index (χ3v) is 3.10. The number of hydrogen-bond acceptors (Lipinski definition) is 5. The smallest absolute Gasteiger partial charge is 0.376 e. The van der Waals surface area contributed by atoms with Crippen molar-refractivity contribution < 1.29 is 9.53 Å². The van der Waals surface area contributed by atoms with Crippen LogP contribution in [0, 0.1) is 0 Å². The molecule has 16 heavy (non-hydrogen) atoms. The van der Waals surface area contributed by atoms with Gasteiger partial charge in [-0.05, 0) is 18.2 Å². The van der Waals surface area contributed by atoms with Crippen molar-refractivity contribution in [1.82, 2.24) is 9.97 Å². The monoisotopic (exact) mass is 254 g/mol. The number of esters is 1. The van der Waals surface area contributed by atoms with Gasteiger partial charge in [0, 0.05) is 6.20 Å². The van der Waals surface area contributed by atoms with Gasteiger partial charge < -0.3 is 4.74 Å². The number of rotatable bonds is 2. The van der Waals surface area contributed by atoms with Crippen LogP contribution in [0.4, 0.5) is 0 Å². The highest BCUT2D eigenvalue weighted by molar-refractivity contribution is 7.19. The molecule has 4 nitrogen and oxygen atoms in total. The zero-order valence-electron chi connectivity index (χ0n) is 8.31. The van der Waals surface area contributed by atoms with Crippen LogP contribution in [0.3, 0.4) is 0 Å². The van der Waals surface area contributed by atoms with Crippen LogP contribution < -0.4 is 0 Å². The Morgan fingerprint density at radius 1 is 1.44 bits per heavy atom. The fourth-order valence-corrected chi connectivity index (χ4v) is 2.15. The molecule has 0 aliphatic heterocycles. The summed E-state index contributed by atoms with van der Waals surface area (Å²) in [7, 11) is 1.29. The van der Waals surface area contributed by atoms with Crippen LogP contribution in [0.2, 0.25) is 4.34 Å². The van der Waals surface area contributed by atoms with E-state index in [9.17, 15) is 4.79 Å². The molecule has 2 aromatic heterocycles. The second-order valence-corrected chi connectivity index (χ2v) is 4.58. The zero-order chi connectivity index (χ0) is 11.5. The Kier molecular flexibility index (Phi) is 3.17. The van der Waals surface area contributed by atoms with Crippen LogP contribution in [0.5, 0.6) is 0 Å². The molecule has 0 unspecified atom stereocenters.